The van der Waals surface area contributed by atoms with Crippen LogP contribution in [0.2, 0.25) is 0 Å². The van der Waals surface area contributed by atoms with Gasteiger partial charge in [-0.3, -0.25) is 4.68 Å². The van der Waals surface area contributed by atoms with Crippen molar-refractivity contribution >= 4 is 0 Å². The number of nitrogens with zero attached hydrogens (tertiary/aromatic N) is 2. The summed E-state index contributed by atoms with van der Waals surface area (Å²) in [6.45, 7) is 3.39. The number of aryl methyl sites for hydroxylation is 3. The van der Waals surface area contributed by atoms with Crippen LogP contribution in [0.3, 0.4) is 0 Å². The van der Waals surface area contributed by atoms with Crippen molar-refractivity contribution in [1.29, 1.82) is 0 Å². The van der Waals surface area contributed by atoms with Crippen LogP contribution in [0, 0.1) is 18.8 Å². The molecular formula is C14H23N3. The molecule has 1 aliphatic heterocycles. The molecule has 1 aromatic rings. The molecule has 3 unspecified atom stereocenters. The summed E-state index contributed by atoms with van der Waals surface area (Å²) in [5.41, 5.74) is 2.63. The van der Waals surface area contributed by atoms with E-state index < -0.39 is 0 Å². The average Bonchev–Trinajstić information content (AvgIpc) is 2.92. The van der Waals surface area contributed by atoms with Gasteiger partial charge in [0.05, 0.1) is 5.69 Å². The summed E-state index contributed by atoms with van der Waals surface area (Å²) in [5, 5.41) is 8.15. The lowest BCUT2D eigenvalue weighted by atomic mass is 9.90. The SMILES string of the molecule is Cc1nn(C)cc1CCC1NCC2CCCC21. The fourth-order valence-corrected chi connectivity index (χ4v) is 3.82. The van der Waals surface area contributed by atoms with Gasteiger partial charge >= 0.3 is 0 Å². The number of aromatic nitrogens is 2. The van der Waals surface area contributed by atoms with E-state index in [1.165, 1.54) is 49.9 Å². The van der Waals surface area contributed by atoms with E-state index in [1.807, 2.05) is 11.7 Å². The zero-order valence-electron chi connectivity index (χ0n) is 10.9. The zero-order chi connectivity index (χ0) is 11.8. The first-order valence-electron chi connectivity index (χ1n) is 6.96. The highest BCUT2D eigenvalue weighted by Gasteiger charge is 2.38. The van der Waals surface area contributed by atoms with Crippen molar-refractivity contribution < 1.29 is 0 Å². The molecule has 0 spiro atoms. The molecule has 1 saturated carbocycles. The number of nitrogens with one attached hydrogen (secondary N) is 1. The number of rotatable bonds is 3. The van der Waals surface area contributed by atoms with E-state index in [1.54, 1.807) is 0 Å². The maximum Gasteiger partial charge on any atom is 0.0625 e. The molecule has 0 amide bonds. The van der Waals surface area contributed by atoms with Crippen LogP contribution in [0.5, 0.6) is 0 Å². The second-order valence-corrected chi connectivity index (χ2v) is 5.82. The van der Waals surface area contributed by atoms with Crippen molar-refractivity contribution in [2.24, 2.45) is 18.9 Å². The van der Waals surface area contributed by atoms with Crippen LogP contribution in [-0.4, -0.2) is 22.4 Å². The Balaban J connectivity index is 1.59. The van der Waals surface area contributed by atoms with Crippen molar-refractivity contribution in [1.82, 2.24) is 15.1 Å². The Hall–Kier alpha value is -0.830. The standard InChI is InChI=1S/C14H23N3/c1-10-12(9-17(2)16-10)6-7-14-13-5-3-4-11(13)8-15-14/h9,11,13-15H,3-8H2,1-2H3. The van der Waals surface area contributed by atoms with Crippen LogP contribution < -0.4 is 5.32 Å². The summed E-state index contributed by atoms with van der Waals surface area (Å²) in [4.78, 5) is 0. The molecule has 2 aliphatic rings. The van der Waals surface area contributed by atoms with Crippen LogP contribution in [-0.2, 0) is 13.5 Å². The molecule has 1 aromatic heterocycles. The number of hydrogen-bond donors (Lipinski definition) is 1. The monoisotopic (exact) mass is 233 g/mol. The van der Waals surface area contributed by atoms with Gasteiger partial charge in [0.2, 0.25) is 0 Å². The predicted octanol–water partition coefficient (Wildman–Crippen LogP) is 2.05. The molecule has 94 valence electrons. The molecule has 3 heteroatoms. The van der Waals surface area contributed by atoms with Gasteiger partial charge in [0.15, 0.2) is 0 Å². The van der Waals surface area contributed by atoms with E-state index in [4.69, 9.17) is 0 Å². The van der Waals surface area contributed by atoms with Gasteiger partial charge in [-0.2, -0.15) is 5.10 Å². The van der Waals surface area contributed by atoms with Gasteiger partial charge in [0.25, 0.3) is 0 Å². The fourth-order valence-electron chi connectivity index (χ4n) is 3.82. The quantitative estimate of drug-likeness (QED) is 0.866. The lowest BCUT2D eigenvalue weighted by Crippen LogP contribution is -2.27. The van der Waals surface area contributed by atoms with E-state index in [9.17, 15) is 0 Å². The highest BCUT2D eigenvalue weighted by molar-refractivity contribution is 5.15. The summed E-state index contributed by atoms with van der Waals surface area (Å²) >= 11 is 0. The summed E-state index contributed by atoms with van der Waals surface area (Å²) in [6.07, 6.45) is 9.01. The van der Waals surface area contributed by atoms with E-state index in [0.29, 0.717) is 0 Å². The first-order chi connectivity index (χ1) is 8.24. The third-order valence-electron chi connectivity index (χ3n) is 4.72. The maximum atomic E-state index is 4.42. The minimum Gasteiger partial charge on any atom is -0.313 e. The largest absolute Gasteiger partial charge is 0.313 e. The van der Waals surface area contributed by atoms with Gasteiger partial charge in [0, 0.05) is 19.3 Å². The van der Waals surface area contributed by atoms with Crippen molar-refractivity contribution in [3.63, 3.8) is 0 Å². The molecule has 2 fully saturated rings. The second-order valence-electron chi connectivity index (χ2n) is 5.82. The summed E-state index contributed by atoms with van der Waals surface area (Å²) in [7, 11) is 2.01. The maximum absolute atomic E-state index is 4.42. The highest BCUT2D eigenvalue weighted by Crippen LogP contribution is 2.38. The molecular weight excluding hydrogens is 210 g/mol. The minimum atomic E-state index is 0.766. The number of fused-ring (bicyclic) bond motifs is 1. The third kappa shape index (κ3) is 2.13. The molecule has 3 nitrogen and oxygen atoms in total. The van der Waals surface area contributed by atoms with E-state index in [0.717, 1.165) is 17.9 Å². The van der Waals surface area contributed by atoms with Gasteiger partial charge in [-0.25, -0.2) is 0 Å². The Morgan fingerprint density at radius 3 is 3.12 bits per heavy atom. The van der Waals surface area contributed by atoms with Crippen molar-refractivity contribution in [2.45, 2.75) is 45.1 Å². The Bertz CT molecular complexity index is 396. The number of hydrogen-bond acceptors (Lipinski definition) is 2. The minimum absolute atomic E-state index is 0.766. The van der Waals surface area contributed by atoms with E-state index in [-0.39, 0.29) is 0 Å². The normalized spacial score (nSPS) is 32.0. The van der Waals surface area contributed by atoms with E-state index in [2.05, 4.69) is 23.5 Å². The van der Waals surface area contributed by atoms with Crippen LogP contribution in [0.15, 0.2) is 6.20 Å². The third-order valence-corrected chi connectivity index (χ3v) is 4.72. The molecule has 0 bridgehead atoms. The van der Waals surface area contributed by atoms with Gasteiger partial charge in [-0.15, -0.1) is 0 Å². The van der Waals surface area contributed by atoms with Crippen LogP contribution in [0.4, 0.5) is 0 Å². The smallest absolute Gasteiger partial charge is 0.0625 e. The molecule has 17 heavy (non-hydrogen) atoms. The molecule has 2 heterocycles. The Labute approximate surface area is 104 Å². The van der Waals surface area contributed by atoms with Crippen molar-refractivity contribution in [3.05, 3.63) is 17.5 Å². The summed E-state index contributed by atoms with van der Waals surface area (Å²) in [5.74, 6) is 1.95. The van der Waals surface area contributed by atoms with Gasteiger partial charge in [-0.05, 0) is 56.6 Å². The molecule has 3 rings (SSSR count). The molecule has 1 saturated heterocycles. The second kappa shape index (κ2) is 4.45. The molecule has 1 aliphatic carbocycles. The highest BCUT2D eigenvalue weighted by atomic mass is 15.2. The summed E-state index contributed by atoms with van der Waals surface area (Å²) in [6, 6.07) is 0.766. The van der Waals surface area contributed by atoms with Crippen molar-refractivity contribution in [3.8, 4) is 0 Å². The Morgan fingerprint density at radius 1 is 1.47 bits per heavy atom. The van der Waals surface area contributed by atoms with Gasteiger partial charge in [-0.1, -0.05) is 6.42 Å². The lowest BCUT2D eigenvalue weighted by Gasteiger charge is -2.17. The first kappa shape index (κ1) is 11.3. The van der Waals surface area contributed by atoms with E-state index >= 15 is 0 Å². The predicted molar refractivity (Wildman–Crippen MR) is 68.9 cm³/mol. The first-order valence-corrected chi connectivity index (χ1v) is 6.96. The Morgan fingerprint density at radius 2 is 2.35 bits per heavy atom. The van der Waals surface area contributed by atoms with Crippen LogP contribution in [0.25, 0.3) is 0 Å². The van der Waals surface area contributed by atoms with Crippen LogP contribution in [0.1, 0.15) is 36.9 Å². The average molecular weight is 233 g/mol. The molecule has 3 atom stereocenters. The molecule has 1 N–H and O–H groups in total. The lowest BCUT2D eigenvalue weighted by molar-refractivity contribution is 0.393. The molecule has 0 radical (unpaired) electrons. The fraction of sp³-hybridized carbons (Fsp3) is 0.786. The zero-order valence-corrected chi connectivity index (χ0v) is 10.9. The van der Waals surface area contributed by atoms with Gasteiger partial charge in [0.1, 0.15) is 0 Å². The van der Waals surface area contributed by atoms with Gasteiger partial charge < -0.3 is 5.32 Å². The molecule has 0 aromatic carbocycles. The van der Waals surface area contributed by atoms with Crippen molar-refractivity contribution in [2.75, 3.05) is 6.54 Å². The summed E-state index contributed by atoms with van der Waals surface area (Å²) < 4.78 is 1.94. The Kier molecular flexibility index (Phi) is 2.95. The van der Waals surface area contributed by atoms with Crippen LogP contribution >= 0.6 is 0 Å². The topological polar surface area (TPSA) is 29.9 Å².